The van der Waals surface area contributed by atoms with Gasteiger partial charge in [-0.25, -0.2) is 13.4 Å². The lowest BCUT2D eigenvalue weighted by Gasteiger charge is -1.98. The number of hydrogen-bond donors (Lipinski definition) is 1. The maximum atomic E-state index is 10.9. The van der Waals surface area contributed by atoms with Gasteiger partial charge in [0.05, 0.1) is 5.75 Å². The molecule has 0 saturated carbocycles. The Kier molecular flexibility index (Phi) is 2.32. The Bertz CT molecular complexity index is 373. The molecule has 0 amide bonds. The van der Waals surface area contributed by atoms with Gasteiger partial charge in [-0.2, -0.15) is 0 Å². The van der Waals surface area contributed by atoms with Gasteiger partial charge in [0.15, 0.2) is 9.84 Å². The minimum absolute atomic E-state index is 0.0136. The predicted molar refractivity (Wildman–Crippen MR) is 47.2 cm³/mol. The van der Waals surface area contributed by atoms with E-state index in [0.29, 0.717) is 11.4 Å². The second-order valence-electron chi connectivity index (χ2n) is 2.66. The molecule has 1 heterocycles. The minimum Gasteiger partial charge on any atom is -0.384 e. The van der Waals surface area contributed by atoms with Gasteiger partial charge < -0.3 is 5.73 Å². The Balaban J connectivity index is 2.91. The molecule has 0 fully saturated rings. The van der Waals surface area contributed by atoms with Gasteiger partial charge in [-0.15, -0.1) is 0 Å². The summed E-state index contributed by atoms with van der Waals surface area (Å²) in [5, 5.41) is 0. The largest absolute Gasteiger partial charge is 0.384 e. The number of aromatic nitrogens is 1. The Morgan fingerprint density at radius 3 is 2.75 bits per heavy atom. The molecule has 0 aromatic carbocycles. The zero-order valence-corrected chi connectivity index (χ0v) is 7.50. The van der Waals surface area contributed by atoms with Crippen molar-refractivity contribution in [2.24, 2.45) is 0 Å². The number of pyridine rings is 1. The summed E-state index contributed by atoms with van der Waals surface area (Å²) in [7, 11) is -2.98. The fourth-order valence-corrected chi connectivity index (χ4v) is 1.67. The highest BCUT2D eigenvalue weighted by Gasteiger charge is 2.03. The van der Waals surface area contributed by atoms with Crippen molar-refractivity contribution in [1.82, 2.24) is 4.98 Å². The van der Waals surface area contributed by atoms with Crippen molar-refractivity contribution >= 4 is 15.7 Å². The van der Waals surface area contributed by atoms with Crippen LogP contribution < -0.4 is 5.73 Å². The lowest BCUT2D eigenvalue weighted by atomic mass is 10.3. The van der Waals surface area contributed by atoms with E-state index in [1.165, 1.54) is 12.5 Å². The van der Waals surface area contributed by atoms with Crippen LogP contribution in [0, 0.1) is 0 Å². The summed E-state index contributed by atoms with van der Waals surface area (Å²) < 4.78 is 21.7. The molecular weight excluding hydrogens is 176 g/mol. The number of rotatable bonds is 2. The van der Waals surface area contributed by atoms with Crippen molar-refractivity contribution in [2.45, 2.75) is 5.75 Å². The van der Waals surface area contributed by atoms with Crippen LogP contribution in [0.3, 0.4) is 0 Å². The Morgan fingerprint density at radius 2 is 2.25 bits per heavy atom. The summed E-state index contributed by atoms with van der Waals surface area (Å²) >= 11 is 0. The molecule has 1 aromatic heterocycles. The Labute approximate surface area is 71.3 Å². The van der Waals surface area contributed by atoms with Gasteiger partial charge in [-0.3, -0.25) is 0 Å². The van der Waals surface area contributed by atoms with Crippen LogP contribution in [-0.4, -0.2) is 19.7 Å². The minimum atomic E-state index is -2.98. The normalized spacial score (nSPS) is 11.4. The zero-order valence-electron chi connectivity index (χ0n) is 6.69. The maximum Gasteiger partial charge on any atom is 0.151 e. The van der Waals surface area contributed by atoms with Crippen LogP contribution in [0.1, 0.15) is 5.56 Å². The highest BCUT2D eigenvalue weighted by molar-refractivity contribution is 7.89. The molecule has 0 aliphatic carbocycles. The lowest BCUT2D eigenvalue weighted by molar-refractivity contribution is 0.601. The van der Waals surface area contributed by atoms with Crippen molar-refractivity contribution in [2.75, 3.05) is 12.0 Å². The van der Waals surface area contributed by atoms with E-state index in [1.807, 2.05) is 0 Å². The average Bonchev–Trinajstić information content (AvgIpc) is 1.82. The lowest BCUT2D eigenvalue weighted by Crippen LogP contribution is -2.01. The van der Waals surface area contributed by atoms with E-state index in [-0.39, 0.29) is 5.75 Å². The van der Waals surface area contributed by atoms with E-state index < -0.39 is 9.84 Å². The van der Waals surface area contributed by atoms with Crippen LogP contribution in [0.25, 0.3) is 0 Å². The molecule has 0 aliphatic rings. The van der Waals surface area contributed by atoms with Gasteiger partial charge in [0.25, 0.3) is 0 Å². The van der Waals surface area contributed by atoms with Crippen LogP contribution in [0.5, 0.6) is 0 Å². The second kappa shape index (κ2) is 3.10. The molecule has 0 aliphatic heterocycles. The Morgan fingerprint density at radius 1 is 1.58 bits per heavy atom. The number of hydrogen-bond acceptors (Lipinski definition) is 4. The molecule has 66 valence electrons. The van der Waals surface area contributed by atoms with E-state index in [0.717, 1.165) is 0 Å². The van der Waals surface area contributed by atoms with Crippen LogP contribution in [0.4, 0.5) is 5.82 Å². The number of nitrogen functional groups attached to an aromatic ring is 1. The first-order valence-electron chi connectivity index (χ1n) is 3.35. The quantitative estimate of drug-likeness (QED) is 0.716. The molecule has 1 aromatic rings. The standard InChI is InChI=1S/C7H10N2O2S/c1-12(10,11)5-6-2-3-9-7(8)4-6/h2-4H,5H2,1H3,(H2,8,9). The van der Waals surface area contributed by atoms with Gasteiger partial charge in [0.1, 0.15) is 5.82 Å². The van der Waals surface area contributed by atoms with Gasteiger partial charge in [-0.1, -0.05) is 0 Å². The fourth-order valence-electron chi connectivity index (χ4n) is 0.887. The van der Waals surface area contributed by atoms with Crippen molar-refractivity contribution < 1.29 is 8.42 Å². The predicted octanol–water partition coefficient (Wildman–Crippen LogP) is 0.208. The SMILES string of the molecule is CS(=O)(=O)Cc1ccnc(N)c1. The second-order valence-corrected chi connectivity index (χ2v) is 4.80. The first kappa shape index (κ1) is 8.99. The summed E-state index contributed by atoms with van der Waals surface area (Å²) in [5.41, 5.74) is 6.04. The summed E-state index contributed by atoms with van der Waals surface area (Å²) in [5.74, 6) is 0.357. The van der Waals surface area contributed by atoms with Gasteiger partial charge >= 0.3 is 0 Å². The number of nitrogens with two attached hydrogens (primary N) is 1. The molecule has 0 atom stereocenters. The molecule has 2 N–H and O–H groups in total. The highest BCUT2D eigenvalue weighted by Crippen LogP contribution is 2.06. The number of sulfone groups is 1. The van der Waals surface area contributed by atoms with Crippen LogP contribution in [0.15, 0.2) is 18.3 Å². The van der Waals surface area contributed by atoms with Crippen LogP contribution in [0.2, 0.25) is 0 Å². The van der Waals surface area contributed by atoms with Gasteiger partial charge in [-0.05, 0) is 17.7 Å². The van der Waals surface area contributed by atoms with E-state index in [2.05, 4.69) is 4.98 Å². The van der Waals surface area contributed by atoms with E-state index in [1.54, 1.807) is 12.1 Å². The third kappa shape index (κ3) is 2.87. The van der Waals surface area contributed by atoms with E-state index >= 15 is 0 Å². The molecule has 1 rings (SSSR count). The first-order chi connectivity index (χ1) is 5.47. The first-order valence-corrected chi connectivity index (χ1v) is 5.41. The molecule has 5 heteroatoms. The van der Waals surface area contributed by atoms with Gasteiger partial charge in [0.2, 0.25) is 0 Å². The van der Waals surface area contributed by atoms with Crippen molar-refractivity contribution in [3.8, 4) is 0 Å². The smallest absolute Gasteiger partial charge is 0.151 e. The van der Waals surface area contributed by atoms with Crippen molar-refractivity contribution in [1.29, 1.82) is 0 Å². The fraction of sp³-hybridized carbons (Fsp3) is 0.286. The number of anilines is 1. The van der Waals surface area contributed by atoms with Crippen molar-refractivity contribution in [3.05, 3.63) is 23.9 Å². The summed E-state index contributed by atoms with van der Waals surface area (Å²) in [6.45, 7) is 0. The van der Waals surface area contributed by atoms with E-state index in [4.69, 9.17) is 5.73 Å². The van der Waals surface area contributed by atoms with E-state index in [9.17, 15) is 8.42 Å². The third-order valence-corrected chi connectivity index (χ3v) is 2.13. The maximum absolute atomic E-state index is 10.9. The summed E-state index contributed by atoms with van der Waals surface area (Å²) in [4.78, 5) is 3.75. The summed E-state index contributed by atoms with van der Waals surface area (Å²) in [6, 6.07) is 3.19. The van der Waals surface area contributed by atoms with Crippen LogP contribution in [-0.2, 0) is 15.6 Å². The van der Waals surface area contributed by atoms with Gasteiger partial charge in [0, 0.05) is 12.5 Å². The molecule has 4 nitrogen and oxygen atoms in total. The number of nitrogens with zero attached hydrogens (tertiary/aromatic N) is 1. The van der Waals surface area contributed by atoms with Crippen molar-refractivity contribution in [3.63, 3.8) is 0 Å². The zero-order chi connectivity index (χ0) is 9.19. The molecular formula is C7H10N2O2S. The molecule has 12 heavy (non-hydrogen) atoms. The molecule has 0 radical (unpaired) electrons. The molecule has 0 saturated heterocycles. The highest BCUT2D eigenvalue weighted by atomic mass is 32.2. The monoisotopic (exact) mass is 186 g/mol. The molecule has 0 spiro atoms. The topological polar surface area (TPSA) is 73.0 Å². The Hall–Kier alpha value is -1.10. The third-order valence-electron chi connectivity index (χ3n) is 1.27. The molecule has 0 unspecified atom stereocenters. The summed E-state index contributed by atoms with van der Waals surface area (Å²) in [6.07, 6.45) is 2.68. The molecule has 0 bridgehead atoms. The van der Waals surface area contributed by atoms with Crippen LogP contribution >= 0.6 is 0 Å². The average molecular weight is 186 g/mol.